The van der Waals surface area contributed by atoms with Gasteiger partial charge in [0.25, 0.3) is 0 Å². The minimum absolute atomic E-state index is 0.0425. The molecule has 1 N–H and O–H groups in total. The second-order valence-electron chi connectivity index (χ2n) is 6.69. The minimum atomic E-state index is -0.413. The summed E-state index contributed by atoms with van der Waals surface area (Å²) >= 11 is 1.58. The van der Waals surface area contributed by atoms with Crippen LogP contribution in [0.15, 0.2) is 66.0 Å². The Hall–Kier alpha value is -3.71. The van der Waals surface area contributed by atoms with Crippen molar-refractivity contribution in [3.8, 4) is 16.3 Å². The molecule has 2 aromatic carbocycles. The predicted molar refractivity (Wildman–Crippen MR) is 117 cm³/mol. The van der Waals surface area contributed by atoms with Crippen LogP contribution in [0.1, 0.15) is 16.2 Å². The highest BCUT2D eigenvalue weighted by Crippen LogP contribution is 2.28. The van der Waals surface area contributed by atoms with Crippen LogP contribution < -0.4 is 4.74 Å². The van der Waals surface area contributed by atoms with Crippen molar-refractivity contribution < 1.29 is 14.3 Å². The zero-order valence-electron chi connectivity index (χ0n) is 16.1. The molecule has 0 aliphatic carbocycles. The largest absolute Gasteiger partial charge is 0.497 e. The lowest BCUT2D eigenvalue weighted by molar-refractivity contribution is 0.0466. The van der Waals surface area contributed by atoms with Crippen LogP contribution in [-0.4, -0.2) is 28.0 Å². The van der Waals surface area contributed by atoms with Crippen molar-refractivity contribution in [1.82, 2.24) is 15.0 Å². The number of thiophene rings is 1. The van der Waals surface area contributed by atoms with E-state index in [1.807, 2.05) is 60.0 Å². The second kappa shape index (κ2) is 7.61. The number of pyridine rings is 1. The molecule has 148 valence electrons. The van der Waals surface area contributed by atoms with Gasteiger partial charge in [0, 0.05) is 11.5 Å². The summed E-state index contributed by atoms with van der Waals surface area (Å²) in [5, 5.41) is 2.75. The molecule has 0 atom stereocenters. The van der Waals surface area contributed by atoms with E-state index in [2.05, 4.69) is 9.97 Å². The van der Waals surface area contributed by atoms with E-state index in [0.29, 0.717) is 11.4 Å². The molecule has 0 radical (unpaired) electrons. The number of hydrogen-bond donors (Lipinski definition) is 1. The number of nitrogens with zero attached hydrogens (tertiary/aromatic N) is 2. The summed E-state index contributed by atoms with van der Waals surface area (Å²) in [5.41, 5.74) is 3.62. The van der Waals surface area contributed by atoms with Gasteiger partial charge in [0.1, 0.15) is 18.2 Å². The Balaban J connectivity index is 1.44. The Bertz CT molecular complexity index is 1360. The summed E-state index contributed by atoms with van der Waals surface area (Å²) in [4.78, 5) is 26.3. The summed E-state index contributed by atoms with van der Waals surface area (Å²) in [6.45, 7) is 0.0425. The maximum atomic E-state index is 13.0. The fourth-order valence-corrected chi connectivity index (χ4v) is 4.03. The van der Waals surface area contributed by atoms with Gasteiger partial charge in [0.2, 0.25) is 0 Å². The lowest BCUT2D eigenvalue weighted by Crippen LogP contribution is -2.07. The van der Waals surface area contributed by atoms with E-state index in [4.69, 9.17) is 14.5 Å². The third-order valence-corrected chi connectivity index (χ3v) is 5.68. The van der Waals surface area contributed by atoms with Crippen molar-refractivity contribution in [3.05, 3.63) is 77.4 Å². The molecule has 5 rings (SSSR count). The standard InChI is InChI=1S/C23H17N3O3S/c1-28-14-8-9-18-19(11-14)26-22(25-18)13-29-23(27)16-12-20(21-7-4-10-30-21)24-17-6-3-2-5-15(16)17/h2-12H,13H2,1H3,(H,25,26). The zero-order valence-corrected chi connectivity index (χ0v) is 16.9. The first-order valence-corrected chi connectivity index (χ1v) is 10.2. The molecule has 0 aliphatic heterocycles. The molecule has 0 unspecified atom stereocenters. The van der Waals surface area contributed by atoms with Gasteiger partial charge < -0.3 is 14.5 Å². The maximum Gasteiger partial charge on any atom is 0.339 e. The summed E-state index contributed by atoms with van der Waals surface area (Å²) in [7, 11) is 1.61. The molecule has 5 aromatic rings. The van der Waals surface area contributed by atoms with E-state index in [0.717, 1.165) is 38.3 Å². The van der Waals surface area contributed by atoms with Gasteiger partial charge in [-0.2, -0.15) is 0 Å². The number of aromatic nitrogens is 3. The molecule has 7 heteroatoms. The number of esters is 1. The van der Waals surface area contributed by atoms with Crippen LogP contribution in [0, 0.1) is 0 Å². The minimum Gasteiger partial charge on any atom is -0.497 e. The number of carbonyl (C=O) groups is 1. The smallest absolute Gasteiger partial charge is 0.339 e. The van der Waals surface area contributed by atoms with E-state index < -0.39 is 5.97 Å². The number of aromatic amines is 1. The maximum absolute atomic E-state index is 13.0. The Morgan fingerprint density at radius 3 is 2.77 bits per heavy atom. The second-order valence-corrected chi connectivity index (χ2v) is 7.64. The molecule has 0 fully saturated rings. The van der Waals surface area contributed by atoms with Crippen molar-refractivity contribution in [2.45, 2.75) is 6.61 Å². The van der Waals surface area contributed by atoms with Gasteiger partial charge >= 0.3 is 5.97 Å². The molecule has 6 nitrogen and oxygen atoms in total. The van der Waals surface area contributed by atoms with E-state index in [-0.39, 0.29) is 6.61 Å². The third kappa shape index (κ3) is 3.40. The van der Waals surface area contributed by atoms with Crippen molar-refractivity contribution in [2.24, 2.45) is 0 Å². The molecule has 0 amide bonds. The fourth-order valence-electron chi connectivity index (χ4n) is 3.34. The molecule has 0 bridgehead atoms. The average Bonchev–Trinajstić information content (AvgIpc) is 3.46. The topological polar surface area (TPSA) is 77.1 Å². The Morgan fingerprint density at radius 1 is 1.03 bits per heavy atom. The van der Waals surface area contributed by atoms with Crippen LogP contribution in [-0.2, 0) is 11.3 Å². The quantitative estimate of drug-likeness (QED) is 0.399. The van der Waals surface area contributed by atoms with Crippen molar-refractivity contribution in [2.75, 3.05) is 7.11 Å². The van der Waals surface area contributed by atoms with E-state index in [1.54, 1.807) is 24.5 Å². The Labute approximate surface area is 176 Å². The molecule has 0 saturated carbocycles. The van der Waals surface area contributed by atoms with Gasteiger partial charge in [-0.15, -0.1) is 11.3 Å². The summed E-state index contributed by atoms with van der Waals surface area (Å²) < 4.78 is 10.8. The van der Waals surface area contributed by atoms with Crippen LogP contribution in [0.25, 0.3) is 32.5 Å². The van der Waals surface area contributed by atoms with E-state index in [9.17, 15) is 4.79 Å². The number of methoxy groups -OCH3 is 1. The predicted octanol–water partition coefficient (Wildman–Crippen LogP) is 5.21. The number of imidazole rings is 1. The molecule has 3 aromatic heterocycles. The number of H-pyrrole nitrogens is 1. The number of carbonyl (C=O) groups excluding carboxylic acids is 1. The Morgan fingerprint density at radius 2 is 1.93 bits per heavy atom. The number of para-hydroxylation sites is 1. The third-order valence-electron chi connectivity index (χ3n) is 4.79. The molecular weight excluding hydrogens is 398 g/mol. The molecular formula is C23H17N3O3S. The first-order chi connectivity index (χ1) is 14.7. The summed E-state index contributed by atoms with van der Waals surface area (Å²) in [6.07, 6.45) is 0. The first kappa shape index (κ1) is 18.3. The van der Waals surface area contributed by atoms with Crippen LogP contribution >= 0.6 is 11.3 Å². The summed E-state index contributed by atoms with van der Waals surface area (Å²) in [6, 6.07) is 18.9. The van der Waals surface area contributed by atoms with Crippen LogP contribution in [0.2, 0.25) is 0 Å². The lowest BCUT2D eigenvalue weighted by atomic mass is 10.1. The van der Waals surface area contributed by atoms with E-state index in [1.165, 1.54) is 0 Å². The zero-order chi connectivity index (χ0) is 20.5. The number of ether oxygens (including phenoxy) is 2. The first-order valence-electron chi connectivity index (χ1n) is 9.35. The van der Waals surface area contributed by atoms with Gasteiger partial charge in [-0.25, -0.2) is 14.8 Å². The molecule has 0 saturated heterocycles. The van der Waals surface area contributed by atoms with Gasteiger partial charge in [-0.3, -0.25) is 0 Å². The highest BCUT2D eigenvalue weighted by Gasteiger charge is 2.16. The van der Waals surface area contributed by atoms with Crippen molar-refractivity contribution in [1.29, 1.82) is 0 Å². The van der Waals surface area contributed by atoms with Gasteiger partial charge in [-0.1, -0.05) is 24.3 Å². The van der Waals surface area contributed by atoms with Crippen LogP contribution in [0.4, 0.5) is 0 Å². The van der Waals surface area contributed by atoms with Crippen LogP contribution in [0.3, 0.4) is 0 Å². The molecule has 0 aliphatic rings. The molecule has 30 heavy (non-hydrogen) atoms. The number of hydrogen-bond acceptors (Lipinski definition) is 6. The number of benzene rings is 2. The van der Waals surface area contributed by atoms with Gasteiger partial charge in [0.15, 0.2) is 0 Å². The monoisotopic (exact) mass is 415 g/mol. The Kier molecular flexibility index (Phi) is 4.65. The lowest BCUT2D eigenvalue weighted by Gasteiger charge is -2.08. The average molecular weight is 415 g/mol. The number of fused-ring (bicyclic) bond motifs is 2. The number of nitrogens with one attached hydrogen (secondary N) is 1. The number of rotatable bonds is 5. The summed E-state index contributed by atoms with van der Waals surface area (Å²) in [5.74, 6) is 0.895. The highest BCUT2D eigenvalue weighted by atomic mass is 32.1. The van der Waals surface area contributed by atoms with Gasteiger partial charge in [-0.05, 0) is 35.7 Å². The fraction of sp³-hybridized carbons (Fsp3) is 0.0870. The highest BCUT2D eigenvalue weighted by molar-refractivity contribution is 7.13. The van der Waals surface area contributed by atoms with Gasteiger partial charge in [0.05, 0.1) is 39.8 Å². The van der Waals surface area contributed by atoms with Crippen LogP contribution in [0.5, 0.6) is 5.75 Å². The molecule has 3 heterocycles. The van der Waals surface area contributed by atoms with Crippen molar-refractivity contribution >= 4 is 39.2 Å². The SMILES string of the molecule is COc1ccc2nc(COC(=O)c3cc(-c4cccs4)nc4ccccc34)[nH]c2c1. The molecule has 0 spiro atoms. The normalized spacial score (nSPS) is 11.1. The van der Waals surface area contributed by atoms with Crippen molar-refractivity contribution in [3.63, 3.8) is 0 Å². The van der Waals surface area contributed by atoms with E-state index >= 15 is 0 Å².